The second-order valence-electron chi connectivity index (χ2n) is 6.16. The van der Waals surface area contributed by atoms with Gasteiger partial charge in [-0.2, -0.15) is 5.26 Å². The van der Waals surface area contributed by atoms with Crippen LogP contribution in [0.3, 0.4) is 0 Å². The highest BCUT2D eigenvalue weighted by Gasteiger charge is 2.15. The number of aromatic nitrogens is 3. The fourth-order valence-electron chi connectivity index (χ4n) is 2.75. The number of rotatable bonds is 6. The fraction of sp³-hybridized carbons (Fsp3) is 0.250. The van der Waals surface area contributed by atoms with Gasteiger partial charge in [-0.15, -0.1) is 0 Å². The summed E-state index contributed by atoms with van der Waals surface area (Å²) in [6.45, 7) is 2.08. The molecule has 0 saturated carbocycles. The number of benzene rings is 1. The predicted molar refractivity (Wildman–Crippen MR) is 102 cm³/mol. The highest BCUT2D eigenvalue weighted by Crippen LogP contribution is 2.18. The summed E-state index contributed by atoms with van der Waals surface area (Å²) in [7, 11) is 1.30. The Morgan fingerprint density at radius 1 is 1.25 bits per heavy atom. The summed E-state index contributed by atoms with van der Waals surface area (Å²) < 4.78 is 6.23. The molecule has 0 aliphatic heterocycles. The average Bonchev–Trinajstić information content (AvgIpc) is 3.15. The van der Waals surface area contributed by atoms with Crippen LogP contribution in [0.2, 0.25) is 0 Å². The maximum Gasteiger partial charge on any atom is 0.337 e. The molecule has 0 radical (unpaired) electrons. The Labute approximate surface area is 161 Å². The highest BCUT2D eigenvalue weighted by atomic mass is 16.5. The minimum Gasteiger partial charge on any atom is -0.465 e. The molecule has 2 aromatic heterocycles. The third-order valence-corrected chi connectivity index (χ3v) is 4.26. The van der Waals surface area contributed by atoms with E-state index in [4.69, 9.17) is 0 Å². The molecular weight excluding hydrogens is 358 g/mol. The van der Waals surface area contributed by atoms with Gasteiger partial charge in [0.2, 0.25) is 0 Å². The molecule has 3 rings (SSSR count). The van der Waals surface area contributed by atoms with Crippen LogP contribution >= 0.6 is 0 Å². The lowest BCUT2D eigenvalue weighted by Gasteiger charge is -2.10. The molecule has 0 bridgehead atoms. The number of anilines is 1. The molecule has 0 spiro atoms. The van der Waals surface area contributed by atoms with Gasteiger partial charge in [-0.3, -0.25) is 9.20 Å². The number of hydrogen-bond donors (Lipinski definition) is 1. The third-order valence-electron chi connectivity index (χ3n) is 4.26. The number of esters is 1. The number of hydrogen-bond acceptors (Lipinski definition) is 6. The first-order chi connectivity index (χ1) is 13.6. The molecule has 8 heteroatoms. The molecular formula is C20H19N5O3. The van der Waals surface area contributed by atoms with E-state index in [1.165, 1.54) is 25.6 Å². The fourth-order valence-corrected chi connectivity index (χ4v) is 2.75. The zero-order valence-electron chi connectivity index (χ0n) is 15.6. The molecule has 0 aliphatic carbocycles. The van der Waals surface area contributed by atoms with Gasteiger partial charge >= 0.3 is 5.97 Å². The molecule has 142 valence electrons. The Bertz CT molecular complexity index is 1060. The van der Waals surface area contributed by atoms with Crippen molar-refractivity contribution < 1.29 is 14.3 Å². The summed E-state index contributed by atoms with van der Waals surface area (Å²) in [5, 5.41) is 12.1. The zero-order valence-corrected chi connectivity index (χ0v) is 15.6. The minimum absolute atomic E-state index is 0.205. The molecule has 2 heterocycles. The molecule has 0 aliphatic rings. The lowest BCUT2D eigenvalue weighted by Crippen LogP contribution is -2.15. The van der Waals surface area contributed by atoms with E-state index in [9.17, 15) is 14.9 Å². The van der Waals surface area contributed by atoms with Crippen LogP contribution < -0.4 is 5.32 Å². The van der Waals surface area contributed by atoms with Crippen LogP contribution in [-0.4, -0.2) is 33.4 Å². The summed E-state index contributed by atoms with van der Waals surface area (Å²) in [4.78, 5) is 32.7. The summed E-state index contributed by atoms with van der Waals surface area (Å²) in [6.07, 6.45) is 4.15. The monoisotopic (exact) mass is 377 g/mol. The zero-order chi connectivity index (χ0) is 20.1. The van der Waals surface area contributed by atoms with Gasteiger partial charge in [0.25, 0.3) is 5.91 Å². The number of nitriles is 1. The van der Waals surface area contributed by atoms with Crippen molar-refractivity contribution in [1.29, 1.82) is 5.26 Å². The lowest BCUT2D eigenvalue weighted by molar-refractivity contribution is 0.0600. The summed E-state index contributed by atoms with van der Waals surface area (Å²) in [5.41, 5.74) is 2.14. The van der Waals surface area contributed by atoms with Crippen molar-refractivity contribution in [3.05, 3.63) is 59.2 Å². The number of carbonyl (C=O) groups excluding carboxylic acids is 2. The van der Waals surface area contributed by atoms with Crippen molar-refractivity contribution in [1.82, 2.24) is 14.4 Å². The smallest absolute Gasteiger partial charge is 0.337 e. The minimum atomic E-state index is -0.467. The second-order valence-corrected chi connectivity index (χ2v) is 6.16. The van der Waals surface area contributed by atoms with Gasteiger partial charge in [0.05, 0.1) is 12.7 Å². The van der Waals surface area contributed by atoms with Crippen LogP contribution in [0, 0.1) is 11.3 Å². The van der Waals surface area contributed by atoms with E-state index in [1.54, 1.807) is 22.6 Å². The second kappa shape index (κ2) is 8.31. The van der Waals surface area contributed by atoms with Gasteiger partial charge in [0.1, 0.15) is 18.2 Å². The third kappa shape index (κ3) is 3.83. The first kappa shape index (κ1) is 19.0. The van der Waals surface area contributed by atoms with E-state index in [1.807, 2.05) is 6.07 Å². The summed E-state index contributed by atoms with van der Waals surface area (Å²) >= 11 is 0. The van der Waals surface area contributed by atoms with E-state index in [0.29, 0.717) is 22.6 Å². The van der Waals surface area contributed by atoms with E-state index in [0.717, 1.165) is 25.0 Å². The highest BCUT2D eigenvalue weighted by molar-refractivity contribution is 6.04. The number of amides is 1. The van der Waals surface area contributed by atoms with Gasteiger partial charge in [-0.05, 0) is 37.1 Å². The molecule has 0 fully saturated rings. The van der Waals surface area contributed by atoms with Crippen LogP contribution in [-0.2, 0) is 11.2 Å². The summed E-state index contributed by atoms with van der Waals surface area (Å²) in [6, 6.07) is 9.95. The predicted octanol–water partition coefficient (Wildman–Crippen LogP) is 2.98. The molecule has 0 saturated heterocycles. The maximum atomic E-state index is 12.7. The molecule has 1 aromatic carbocycles. The van der Waals surface area contributed by atoms with E-state index < -0.39 is 5.97 Å². The summed E-state index contributed by atoms with van der Waals surface area (Å²) in [5.74, 6) is -0.337. The Hall–Kier alpha value is -3.73. The number of ether oxygens (including phenoxy) is 1. The molecule has 0 atom stereocenters. The molecule has 8 nitrogen and oxygen atoms in total. The van der Waals surface area contributed by atoms with Crippen molar-refractivity contribution >= 4 is 23.3 Å². The SMILES string of the molecule is CCCCc1cc(NC(=O)c2ccc(C(=O)OC)cc2)n2cnc(C#N)c2n1. The molecule has 1 amide bonds. The van der Waals surface area contributed by atoms with E-state index in [-0.39, 0.29) is 11.6 Å². The van der Waals surface area contributed by atoms with Crippen LogP contribution in [0.4, 0.5) is 5.82 Å². The Kier molecular flexibility index (Phi) is 5.65. The van der Waals surface area contributed by atoms with Crippen LogP contribution in [0.25, 0.3) is 5.65 Å². The van der Waals surface area contributed by atoms with Gasteiger partial charge in [-0.1, -0.05) is 13.3 Å². The van der Waals surface area contributed by atoms with Gasteiger partial charge < -0.3 is 10.1 Å². The van der Waals surface area contributed by atoms with Gasteiger partial charge in [-0.25, -0.2) is 14.8 Å². The average molecular weight is 377 g/mol. The number of aryl methyl sites for hydroxylation is 1. The number of nitrogens with one attached hydrogen (secondary N) is 1. The molecule has 1 N–H and O–H groups in total. The Balaban J connectivity index is 1.92. The van der Waals surface area contributed by atoms with Crippen molar-refractivity contribution in [2.45, 2.75) is 26.2 Å². The number of unbranched alkanes of at least 4 members (excludes halogenated alkanes) is 1. The Morgan fingerprint density at radius 2 is 1.96 bits per heavy atom. The van der Waals surface area contributed by atoms with Crippen molar-refractivity contribution in [3.8, 4) is 6.07 Å². The van der Waals surface area contributed by atoms with Crippen LogP contribution in [0.15, 0.2) is 36.7 Å². The topological polar surface area (TPSA) is 109 Å². The van der Waals surface area contributed by atoms with Gasteiger partial charge in [0.15, 0.2) is 11.3 Å². The Morgan fingerprint density at radius 3 is 2.61 bits per heavy atom. The first-order valence-electron chi connectivity index (χ1n) is 8.84. The van der Waals surface area contributed by atoms with Crippen LogP contribution in [0.5, 0.6) is 0 Å². The van der Waals surface area contributed by atoms with Gasteiger partial charge in [0, 0.05) is 17.3 Å². The molecule has 3 aromatic rings. The molecule has 28 heavy (non-hydrogen) atoms. The molecule has 0 unspecified atom stereocenters. The first-order valence-corrected chi connectivity index (χ1v) is 8.84. The van der Waals surface area contributed by atoms with Crippen molar-refractivity contribution in [2.75, 3.05) is 12.4 Å². The lowest BCUT2D eigenvalue weighted by atomic mass is 10.1. The number of fused-ring (bicyclic) bond motifs is 1. The van der Waals surface area contributed by atoms with E-state index in [2.05, 4.69) is 26.9 Å². The van der Waals surface area contributed by atoms with Crippen LogP contribution in [0.1, 0.15) is 51.9 Å². The number of imidazole rings is 1. The van der Waals surface area contributed by atoms with Crippen molar-refractivity contribution in [2.24, 2.45) is 0 Å². The number of methoxy groups -OCH3 is 1. The largest absolute Gasteiger partial charge is 0.465 e. The standard InChI is InChI=1S/C20H19N5O3/c1-3-4-5-15-10-17(25-12-22-16(11-21)18(25)23-15)24-19(26)13-6-8-14(9-7-13)20(27)28-2/h6-10,12H,3-5H2,1-2H3,(H,24,26). The van der Waals surface area contributed by atoms with E-state index >= 15 is 0 Å². The maximum absolute atomic E-state index is 12.7. The normalized spacial score (nSPS) is 10.5. The quantitative estimate of drug-likeness (QED) is 0.661. The number of carbonyl (C=O) groups is 2. The van der Waals surface area contributed by atoms with Crippen molar-refractivity contribution in [3.63, 3.8) is 0 Å². The number of nitrogens with zero attached hydrogens (tertiary/aromatic N) is 4.